The van der Waals surface area contributed by atoms with Crippen LogP contribution in [0.4, 0.5) is 4.39 Å². The Morgan fingerprint density at radius 1 is 0.535 bits per heavy atom. The number of aromatic nitrogens is 2. The molecule has 2 aliphatic heterocycles. The summed E-state index contributed by atoms with van der Waals surface area (Å²) in [6.45, 7) is 6.32. The summed E-state index contributed by atoms with van der Waals surface area (Å²) in [7, 11) is 0. The van der Waals surface area contributed by atoms with Crippen molar-refractivity contribution in [3.05, 3.63) is 143 Å². The molecule has 8 rings (SSSR count). The van der Waals surface area contributed by atoms with E-state index < -0.39 is 0 Å². The van der Waals surface area contributed by atoms with E-state index in [-0.39, 0.29) is 5.82 Å². The fraction of sp³-hybridized carbons (Fsp3) is 0.263. The van der Waals surface area contributed by atoms with E-state index in [1.165, 1.54) is 50.4 Å². The molecule has 0 bridgehead atoms. The first-order chi connectivity index (χ1) is 21.2. The lowest BCUT2D eigenvalue weighted by molar-refractivity contribution is 0.614. The molecule has 0 aliphatic carbocycles. The molecule has 0 radical (unpaired) electrons. The van der Waals surface area contributed by atoms with Gasteiger partial charge in [-0.3, -0.25) is 0 Å². The Labute approximate surface area is 253 Å². The van der Waals surface area contributed by atoms with Crippen LogP contribution >= 0.6 is 0 Å². The first-order valence-corrected chi connectivity index (χ1v) is 15.6. The normalized spacial score (nSPS) is 14.8. The number of rotatable bonds is 4. The molecule has 0 saturated carbocycles. The fourth-order valence-corrected chi connectivity index (χ4v) is 6.68. The first kappa shape index (κ1) is 27.6. The molecular weight excluding hydrogens is 531 g/mol. The maximum Gasteiger partial charge on any atom is 0.126 e. The zero-order valence-corrected chi connectivity index (χ0v) is 24.7. The number of nitrogens with zero attached hydrogens (tertiary/aromatic N) is 2. The second-order valence-electron chi connectivity index (χ2n) is 11.8. The van der Waals surface area contributed by atoms with E-state index in [4.69, 9.17) is 0 Å². The molecule has 2 aliphatic rings. The van der Waals surface area contributed by atoms with Crippen LogP contribution in [0, 0.1) is 5.82 Å². The molecule has 0 fully saturated rings. The van der Waals surface area contributed by atoms with Gasteiger partial charge in [0.2, 0.25) is 0 Å². The highest BCUT2D eigenvalue weighted by atomic mass is 19.1. The van der Waals surface area contributed by atoms with E-state index in [9.17, 15) is 4.39 Å². The van der Waals surface area contributed by atoms with Gasteiger partial charge in [-0.15, -0.1) is 0 Å². The summed E-state index contributed by atoms with van der Waals surface area (Å²) in [5.74, 6) is -0.124. The summed E-state index contributed by atoms with van der Waals surface area (Å²) in [5, 5.41) is 9.56. The van der Waals surface area contributed by atoms with Crippen molar-refractivity contribution in [3.63, 3.8) is 0 Å². The lowest BCUT2D eigenvalue weighted by Crippen LogP contribution is -2.17. The van der Waals surface area contributed by atoms with Crippen LogP contribution in [0.25, 0.3) is 21.8 Å². The molecule has 0 saturated heterocycles. The summed E-state index contributed by atoms with van der Waals surface area (Å²) in [6.07, 6.45) is 3.85. The number of fused-ring (bicyclic) bond motifs is 6. The zero-order chi connectivity index (χ0) is 29.0. The second kappa shape index (κ2) is 12.6. The molecule has 6 aromatic rings. The van der Waals surface area contributed by atoms with Gasteiger partial charge in [-0.25, -0.2) is 4.39 Å². The standard InChI is InChI=1S/C19H19FN2.C19H20N2/c20-18-4-2-1-3-15(18)11-14-5-6-19-16(12-14)13-17-7-8-21-9-10-22(17)19;1-2-4-15(5-3-1)12-16-6-7-19-17(13-16)14-18-8-9-20-10-11-21(18)19/h1-6,12-13,21H,7-11H2;1-7,13-14,20H,8-12H2. The Hall–Kier alpha value is -4.19. The van der Waals surface area contributed by atoms with Gasteiger partial charge < -0.3 is 19.8 Å². The molecule has 0 atom stereocenters. The molecule has 0 spiro atoms. The van der Waals surface area contributed by atoms with Gasteiger partial charge in [-0.2, -0.15) is 0 Å². The van der Waals surface area contributed by atoms with Crippen molar-refractivity contribution in [2.75, 3.05) is 26.2 Å². The molecule has 0 unspecified atom stereocenters. The van der Waals surface area contributed by atoms with E-state index in [0.717, 1.165) is 69.7 Å². The monoisotopic (exact) mass is 570 g/mol. The van der Waals surface area contributed by atoms with Crippen LogP contribution < -0.4 is 10.6 Å². The second-order valence-corrected chi connectivity index (χ2v) is 11.8. The van der Waals surface area contributed by atoms with Crippen molar-refractivity contribution in [2.45, 2.75) is 38.8 Å². The van der Waals surface area contributed by atoms with Crippen molar-refractivity contribution in [1.29, 1.82) is 0 Å². The van der Waals surface area contributed by atoms with Gasteiger partial charge in [0.05, 0.1) is 0 Å². The molecular formula is C38H39FN4. The van der Waals surface area contributed by atoms with Crippen LogP contribution in [0.1, 0.15) is 33.6 Å². The molecule has 4 heterocycles. The SMILES string of the molecule is Fc1ccccc1Cc1ccc2c(c1)cc1n2CCNCC1.c1ccc(Cc2ccc3c(c2)cc2n3CCNCC2)cc1. The Bertz CT molecular complexity index is 1850. The molecule has 43 heavy (non-hydrogen) atoms. The van der Waals surface area contributed by atoms with Crippen molar-refractivity contribution in [1.82, 2.24) is 19.8 Å². The highest BCUT2D eigenvalue weighted by Gasteiger charge is 2.13. The van der Waals surface area contributed by atoms with Crippen LogP contribution in [-0.2, 0) is 38.8 Å². The lowest BCUT2D eigenvalue weighted by Gasteiger charge is -2.07. The van der Waals surface area contributed by atoms with Gasteiger partial charge in [0, 0.05) is 91.7 Å². The van der Waals surface area contributed by atoms with Crippen molar-refractivity contribution in [3.8, 4) is 0 Å². The largest absolute Gasteiger partial charge is 0.343 e. The molecule has 0 amide bonds. The van der Waals surface area contributed by atoms with Gasteiger partial charge >= 0.3 is 0 Å². The minimum Gasteiger partial charge on any atom is -0.343 e. The number of hydrogen-bond acceptors (Lipinski definition) is 2. The third-order valence-electron chi connectivity index (χ3n) is 8.85. The minimum atomic E-state index is -0.124. The Balaban J connectivity index is 0.000000140. The fourth-order valence-electron chi connectivity index (χ4n) is 6.68. The van der Waals surface area contributed by atoms with Crippen molar-refractivity contribution >= 4 is 21.8 Å². The van der Waals surface area contributed by atoms with Crippen molar-refractivity contribution < 1.29 is 4.39 Å². The highest BCUT2D eigenvalue weighted by molar-refractivity contribution is 5.83. The molecule has 4 aromatic carbocycles. The Kier molecular flexibility index (Phi) is 8.09. The van der Waals surface area contributed by atoms with Gasteiger partial charge in [0.25, 0.3) is 0 Å². The van der Waals surface area contributed by atoms with Gasteiger partial charge in [-0.1, -0.05) is 60.7 Å². The predicted molar refractivity (Wildman–Crippen MR) is 175 cm³/mol. The van der Waals surface area contributed by atoms with Gasteiger partial charge in [0.15, 0.2) is 0 Å². The van der Waals surface area contributed by atoms with E-state index >= 15 is 0 Å². The summed E-state index contributed by atoms with van der Waals surface area (Å²) in [4.78, 5) is 0. The van der Waals surface area contributed by atoms with Crippen LogP contribution in [-0.4, -0.2) is 35.3 Å². The third-order valence-corrected chi connectivity index (χ3v) is 8.85. The Morgan fingerprint density at radius 3 is 1.70 bits per heavy atom. The quantitative estimate of drug-likeness (QED) is 0.242. The average Bonchev–Trinajstić information content (AvgIpc) is 3.31. The minimum absolute atomic E-state index is 0.124. The molecule has 5 heteroatoms. The van der Waals surface area contributed by atoms with E-state index in [1.54, 1.807) is 6.07 Å². The average molecular weight is 571 g/mol. The molecule has 4 nitrogen and oxygen atoms in total. The number of halogens is 1. The summed E-state index contributed by atoms with van der Waals surface area (Å²) in [6, 6.07) is 35.8. The van der Waals surface area contributed by atoms with E-state index in [2.05, 4.69) is 98.6 Å². The summed E-state index contributed by atoms with van der Waals surface area (Å²) >= 11 is 0. The van der Waals surface area contributed by atoms with Crippen LogP contribution in [0.15, 0.2) is 103 Å². The molecule has 2 N–H and O–H groups in total. The number of hydrogen-bond donors (Lipinski definition) is 2. The zero-order valence-electron chi connectivity index (χ0n) is 24.7. The highest BCUT2D eigenvalue weighted by Crippen LogP contribution is 2.25. The molecule has 2 aromatic heterocycles. The van der Waals surface area contributed by atoms with E-state index in [1.807, 2.05) is 12.1 Å². The van der Waals surface area contributed by atoms with Crippen molar-refractivity contribution in [2.24, 2.45) is 0 Å². The maximum absolute atomic E-state index is 13.8. The summed E-state index contributed by atoms with van der Waals surface area (Å²) in [5.41, 5.74) is 10.2. The van der Waals surface area contributed by atoms with Gasteiger partial charge in [-0.05, 0) is 71.1 Å². The first-order valence-electron chi connectivity index (χ1n) is 15.6. The third kappa shape index (κ3) is 6.15. The number of nitrogens with one attached hydrogen (secondary N) is 2. The number of benzene rings is 4. The van der Waals surface area contributed by atoms with E-state index in [0.29, 0.717) is 6.42 Å². The van der Waals surface area contributed by atoms with Crippen LogP contribution in [0.2, 0.25) is 0 Å². The summed E-state index contributed by atoms with van der Waals surface area (Å²) < 4.78 is 18.7. The predicted octanol–water partition coefficient (Wildman–Crippen LogP) is 6.89. The maximum atomic E-state index is 13.8. The van der Waals surface area contributed by atoms with Crippen LogP contribution in [0.3, 0.4) is 0 Å². The lowest BCUT2D eigenvalue weighted by atomic mass is 10.0. The smallest absolute Gasteiger partial charge is 0.126 e. The Morgan fingerprint density at radius 2 is 1.09 bits per heavy atom. The topological polar surface area (TPSA) is 33.9 Å². The molecule has 218 valence electrons. The van der Waals surface area contributed by atoms with Crippen LogP contribution in [0.5, 0.6) is 0 Å². The van der Waals surface area contributed by atoms with Gasteiger partial charge in [0.1, 0.15) is 5.82 Å².